The maximum Gasteiger partial charge on any atom is 0.220 e. The number of hydrogen-bond acceptors (Lipinski definition) is 8. The normalized spacial score (nSPS) is 11.3. The van der Waals surface area contributed by atoms with E-state index in [9.17, 15) is 19.2 Å². The van der Waals surface area contributed by atoms with Crippen molar-refractivity contribution in [1.29, 1.82) is 0 Å². The van der Waals surface area contributed by atoms with Crippen molar-refractivity contribution < 1.29 is 19.2 Å². The third kappa shape index (κ3) is 18.9. The molecule has 0 aromatic rings. The first kappa shape index (κ1) is 48.0. The summed E-state index contributed by atoms with van der Waals surface area (Å²) >= 11 is 6.21. The van der Waals surface area contributed by atoms with Gasteiger partial charge in [0.25, 0.3) is 0 Å². The van der Waals surface area contributed by atoms with Gasteiger partial charge in [-0.15, -0.1) is 0 Å². The average Bonchev–Trinajstić information content (AvgIpc) is 3.10. The van der Waals surface area contributed by atoms with E-state index in [-0.39, 0.29) is 45.3 Å². The summed E-state index contributed by atoms with van der Waals surface area (Å²) in [6, 6.07) is 0. The van der Waals surface area contributed by atoms with Crippen molar-refractivity contribution in [2.45, 2.75) is 130 Å². The number of hydrogen-bond donors (Lipinski definition) is 0. The lowest BCUT2D eigenvalue weighted by Gasteiger charge is -2.31. The van der Waals surface area contributed by atoms with E-state index in [0.29, 0.717) is 0 Å². The number of unbranched alkanes of at least 4 members (excludes halogenated alkanes) is 12. The van der Waals surface area contributed by atoms with E-state index in [1.54, 1.807) is 47.0 Å². The molecule has 0 rings (SSSR count). The fraction of sp³-hybridized carbons (Fsp3) is 0.707. The molecule has 0 aromatic carbocycles. The van der Waals surface area contributed by atoms with E-state index in [4.69, 9.17) is 0 Å². The zero-order valence-corrected chi connectivity index (χ0v) is 34.8. The fourth-order valence-corrected chi connectivity index (χ4v) is 8.97. The zero-order chi connectivity index (χ0) is 36.9. The van der Waals surface area contributed by atoms with Crippen LogP contribution in [0.15, 0.2) is 48.6 Å². The first-order valence-electron chi connectivity index (χ1n) is 18.8. The third-order valence-electron chi connectivity index (χ3n) is 8.32. The fourth-order valence-electron chi connectivity index (χ4n) is 5.25. The molecule has 0 amide bonds. The molecule has 0 saturated carbocycles. The van der Waals surface area contributed by atoms with Gasteiger partial charge in [-0.2, -0.15) is 47.0 Å². The van der Waals surface area contributed by atoms with Crippen molar-refractivity contribution >= 4 is 70.2 Å². The predicted octanol–water partition coefficient (Wildman–Crippen LogP) is 11.7. The second-order valence-corrected chi connectivity index (χ2v) is 17.4. The Morgan fingerprint density at radius 2 is 0.571 bits per heavy atom. The Bertz CT molecular complexity index is 883. The highest BCUT2D eigenvalue weighted by Gasteiger charge is 2.59. The quantitative estimate of drug-likeness (QED) is 0.0356. The van der Waals surface area contributed by atoms with Gasteiger partial charge in [-0.3, -0.25) is 19.2 Å². The molecule has 4 nitrogen and oxygen atoms in total. The SMILES string of the molecule is C=C(CSCCCCCC)C(=O)C(C(=O)C(=C)CSCCCCCC)(C(=O)C(=C)CSCCCCCC)C(=O)C(=C)CSCCCCCC. The molecule has 49 heavy (non-hydrogen) atoms. The van der Waals surface area contributed by atoms with Crippen LogP contribution < -0.4 is 0 Å². The van der Waals surface area contributed by atoms with E-state index in [1.165, 1.54) is 0 Å². The third-order valence-corrected chi connectivity index (χ3v) is 12.8. The molecule has 0 aliphatic carbocycles. The van der Waals surface area contributed by atoms with E-state index < -0.39 is 28.5 Å². The first-order chi connectivity index (χ1) is 23.6. The molecular weight excluding hydrogens is 685 g/mol. The molecule has 0 aromatic heterocycles. The van der Waals surface area contributed by atoms with Crippen molar-refractivity contribution in [3.63, 3.8) is 0 Å². The van der Waals surface area contributed by atoms with Gasteiger partial charge in [-0.05, 0) is 71.0 Å². The summed E-state index contributed by atoms with van der Waals surface area (Å²) in [4.78, 5) is 58.4. The second-order valence-electron chi connectivity index (χ2n) is 12.9. The summed E-state index contributed by atoms with van der Waals surface area (Å²) in [6.45, 7) is 24.9. The number of ketones is 4. The predicted molar refractivity (Wildman–Crippen MR) is 225 cm³/mol. The molecule has 0 aliphatic rings. The van der Waals surface area contributed by atoms with Gasteiger partial charge in [-0.25, -0.2) is 0 Å². The summed E-state index contributed by atoms with van der Waals surface area (Å²) in [7, 11) is 0. The van der Waals surface area contributed by atoms with Gasteiger partial charge in [0, 0.05) is 23.0 Å². The lowest BCUT2D eigenvalue weighted by Crippen LogP contribution is -2.55. The molecule has 0 unspecified atom stereocenters. The van der Waals surface area contributed by atoms with Gasteiger partial charge in [0.2, 0.25) is 5.41 Å². The Kier molecular flexibility index (Phi) is 30.0. The van der Waals surface area contributed by atoms with Crippen LogP contribution in [0.2, 0.25) is 0 Å². The number of carbonyl (C=O) groups excluding carboxylic acids is 4. The summed E-state index contributed by atoms with van der Waals surface area (Å²) < 4.78 is 0. The number of Topliss-reactive ketones (excluding diaryl/α,β-unsaturated/α-hetero) is 4. The topological polar surface area (TPSA) is 68.3 Å². The first-order valence-corrected chi connectivity index (χ1v) is 23.4. The molecule has 8 heteroatoms. The van der Waals surface area contributed by atoms with Crippen LogP contribution >= 0.6 is 47.0 Å². The summed E-state index contributed by atoms with van der Waals surface area (Å²) in [5.41, 5.74) is -2.18. The highest BCUT2D eigenvalue weighted by molar-refractivity contribution is 8.00. The highest BCUT2D eigenvalue weighted by Crippen LogP contribution is 2.37. The minimum absolute atomic E-state index is 0.107. The molecule has 0 heterocycles. The Labute approximate surface area is 318 Å². The summed E-state index contributed by atoms with van der Waals surface area (Å²) in [5, 5.41) is 0. The monoisotopic (exact) mass is 752 g/mol. The minimum Gasteiger partial charge on any atom is -0.292 e. The van der Waals surface area contributed by atoms with E-state index >= 15 is 0 Å². The molecule has 0 atom stereocenters. The van der Waals surface area contributed by atoms with Crippen LogP contribution in [0.25, 0.3) is 0 Å². The maximum absolute atomic E-state index is 14.6. The van der Waals surface area contributed by atoms with E-state index in [0.717, 1.165) is 126 Å². The van der Waals surface area contributed by atoms with Crippen LogP contribution in [0.3, 0.4) is 0 Å². The molecule has 0 saturated heterocycles. The van der Waals surface area contributed by atoms with E-state index in [1.807, 2.05) is 0 Å². The molecule has 0 radical (unpaired) electrons. The van der Waals surface area contributed by atoms with Crippen LogP contribution in [0, 0.1) is 5.41 Å². The Morgan fingerprint density at radius 3 is 0.755 bits per heavy atom. The average molecular weight is 753 g/mol. The second kappa shape index (κ2) is 30.6. The van der Waals surface area contributed by atoms with Crippen LogP contribution in [0.1, 0.15) is 130 Å². The van der Waals surface area contributed by atoms with Crippen molar-refractivity contribution in [2.24, 2.45) is 5.41 Å². The van der Waals surface area contributed by atoms with Crippen LogP contribution in [0.4, 0.5) is 0 Å². The highest BCUT2D eigenvalue weighted by atomic mass is 32.2. The molecule has 0 N–H and O–H groups in total. The van der Waals surface area contributed by atoms with Gasteiger partial charge >= 0.3 is 0 Å². The molecular formula is C41H68O4S4. The molecule has 0 aliphatic heterocycles. The Balaban J connectivity index is 6.47. The Hall–Kier alpha value is -0.960. The van der Waals surface area contributed by atoms with Crippen LogP contribution in [0.5, 0.6) is 0 Å². The number of thioether (sulfide) groups is 4. The smallest absolute Gasteiger partial charge is 0.220 e. The van der Waals surface area contributed by atoms with Crippen molar-refractivity contribution in [3.05, 3.63) is 48.6 Å². The van der Waals surface area contributed by atoms with Gasteiger partial charge in [-0.1, -0.05) is 131 Å². The lowest BCUT2D eigenvalue weighted by atomic mass is 9.65. The molecule has 0 bridgehead atoms. The lowest BCUT2D eigenvalue weighted by molar-refractivity contribution is -0.149. The zero-order valence-electron chi connectivity index (χ0n) is 31.6. The molecule has 0 fully saturated rings. The number of carbonyl (C=O) groups is 4. The molecule has 280 valence electrons. The van der Waals surface area contributed by atoms with Crippen LogP contribution in [-0.4, -0.2) is 69.2 Å². The standard InChI is InChI=1S/C41H68O4S4/c1-9-13-17-21-25-46-29-33(5)37(42)41(38(43)34(6)30-47-26-22-18-14-10-2,39(44)35(7)31-48-27-23-19-15-11-3)40(45)36(8)32-49-28-24-20-16-12-4/h5-32H2,1-4H3. The van der Waals surface area contributed by atoms with Gasteiger partial charge in [0.15, 0.2) is 23.1 Å². The summed E-state index contributed by atoms with van der Waals surface area (Å²) in [5.74, 6) is 1.06. The van der Waals surface area contributed by atoms with Crippen LogP contribution in [-0.2, 0) is 19.2 Å². The van der Waals surface area contributed by atoms with E-state index in [2.05, 4.69) is 54.0 Å². The van der Waals surface area contributed by atoms with Crippen molar-refractivity contribution in [3.8, 4) is 0 Å². The Morgan fingerprint density at radius 1 is 0.367 bits per heavy atom. The van der Waals surface area contributed by atoms with Gasteiger partial charge < -0.3 is 0 Å². The number of rotatable bonds is 36. The minimum atomic E-state index is -2.61. The summed E-state index contributed by atoms with van der Waals surface area (Å²) in [6.07, 6.45) is 17.6. The van der Waals surface area contributed by atoms with Gasteiger partial charge in [0.05, 0.1) is 0 Å². The van der Waals surface area contributed by atoms with Gasteiger partial charge in [0.1, 0.15) is 0 Å². The maximum atomic E-state index is 14.6. The largest absolute Gasteiger partial charge is 0.292 e. The molecule has 0 spiro atoms. The van der Waals surface area contributed by atoms with Crippen molar-refractivity contribution in [1.82, 2.24) is 0 Å². The van der Waals surface area contributed by atoms with Crippen molar-refractivity contribution in [2.75, 3.05) is 46.0 Å².